The molecule has 0 saturated carbocycles. The van der Waals surface area contributed by atoms with Crippen LogP contribution in [0.15, 0.2) is 42.5 Å². The van der Waals surface area contributed by atoms with E-state index in [0.717, 1.165) is 37.2 Å². The third kappa shape index (κ3) is 4.62. The number of hydrogen-bond donors (Lipinski definition) is 1. The van der Waals surface area contributed by atoms with Crippen LogP contribution in [0.3, 0.4) is 0 Å². The highest BCUT2D eigenvalue weighted by Gasteiger charge is 2.12. The number of carbonyl (C=O) groups is 1. The number of nitrogens with zero attached hydrogens (tertiary/aromatic N) is 1. The highest BCUT2D eigenvalue weighted by Crippen LogP contribution is 2.25. The Morgan fingerprint density at radius 3 is 2.44 bits per heavy atom. The fraction of sp³-hybridized carbons (Fsp3) is 0.435. The Labute approximate surface area is 161 Å². The van der Waals surface area contributed by atoms with Crippen LogP contribution in [0.25, 0.3) is 0 Å². The van der Waals surface area contributed by atoms with Crippen molar-refractivity contribution in [3.63, 3.8) is 0 Å². The van der Waals surface area contributed by atoms with E-state index in [9.17, 15) is 4.79 Å². The summed E-state index contributed by atoms with van der Waals surface area (Å²) in [7, 11) is 0. The summed E-state index contributed by atoms with van der Waals surface area (Å²) < 4.78 is 5.69. The molecule has 2 aromatic rings. The molecule has 1 saturated heterocycles. The van der Waals surface area contributed by atoms with Gasteiger partial charge >= 0.3 is 0 Å². The Morgan fingerprint density at radius 2 is 1.67 bits per heavy atom. The van der Waals surface area contributed by atoms with Crippen LogP contribution >= 0.6 is 0 Å². The molecule has 4 nitrogen and oxygen atoms in total. The normalized spacial score (nSPS) is 16.1. The van der Waals surface area contributed by atoms with Crippen molar-refractivity contribution in [3.05, 3.63) is 59.2 Å². The summed E-state index contributed by atoms with van der Waals surface area (Å²) in [5.41, 5.74) is 5.19. The lowest BCUT2D eigenvalue weighted by Gasteiger charge is -2.18. The van der Waals surface area contributed by atoms with E-state index < -0.39 is 0 Å². The van der Waals surface area contributed by atoms with Crippen LogP contribution in [-0.2, 0) is 24.2 Å². The third-order valence-corrected chi connectivity index (χ3v) is 5.59. The number of amides is 1. The predicted octanol–water partition coefficient (Wildman–Crippen LogP) is 3.86. The van der Waals surface area contributed by atoms with Crippen LogP contribution in [0, 0.1) is 0 Å². The van der Waals surface area contributed by atoms with Crippen molar-refractivity contribution in [2.75, 3.05) is 24.6 Å². The van der Waals surface area contributed by atoms with Gasteiger partial charge in [0.05, 0.1) is 0 Å². The molecule has 2 aliphatic rings. The Hall–Kier alpha value is -2.49. The van der Waals surface area contributed by atoms with Gasteiger partial charge in [0.1, 0.15) is 5.75 Å². The van der Waals surface area contributed by atoms with Gasteiger partial charge in [0, 0.05) is 25.3 Å². The molecule has 1 fully saturated rings. The minimum Gasteiger partial charge on any atom is -0.484 e. The van der Waals surface area contributed by atoms with E-state index in [2.05, 4.69) is 46.6 Å². The minimum atomic E-state index is -0.0867. The van der Waals surface area contributed by atoms with Gasteiger partial charge < -0.3 is 15.0 Å². The van der Waals surface area contributed by atoms with Gasteiger partial charge in [-0.1, -0.05) is 18.2 Å². The quantitative estimate of drug-likeness (QED) is 0.846. The Balaban J connectivity index is 1.23. The van der Waals surface area contributed by atoms with Gasteiger partial charge in [-0.2, -0.15) is 0 Å². The van der Waals surface area contributed by atoms with Crippen LogP contribution < -0.4 is 15.0 Å². The summed E-state index contributed by atoms with van der Waals surface area (Å²) in [6, 6.07) is 14.7. The van der Waals surface area contributed by atoms with Crippen LogP contribution in [0.1, 0.15) is 42.4 Å². The SMILES string of the molecule is O=C(COc1ccc2c(c1)CCCC2)NCc1ccc(N2CCCC2)cc1. The van der Waals surface area contributed by atoms with Crippen LogP contribution in [-0.4, -0.2) is 25.6 Å². The smallest absolute Gasteiger partial charge is 0.258 e. The van der Waals surface area contributed by atoms with E-state index in [1.807, 2.05) is 6.07 Å². The predicted molar refractivity (Wildman–Crippen MR) is 108 cm³/mol. The fourth-order valence-electron chi connectivity index (χ4n) is 4.00. The first-order valence-electron chi connectivity index (χ1n) is 10.1. The van der Waals surface area contributed by atoms with Crippen molar-refractivity contribution >= 4 is 11.6 Å². The Kier molecular flexibility index (Phi) is 5.61. The largest absolute Gasteiger partial charge is 0.484 e. The van der Waals surface area contributed by atoms with Gasteiger partial charge in [-0.15, -0.1) is 0 Å². The molecule has 1 aliphatic heterocycles. The number of ether oxygens (including phenoxy) is 1. The number of carbonyl (C=O) groups excluding carboxylic acids is 1. The molecule has 1 heterocycles. The lowest BCUT2D eigenvalue weighted by Crippen LogP contribution is -2.28. The molecular weight excluding hydrogens is 336 g/mol. The molecule has 1 N–H and O–H groups in total. The number of rotatable bonds is 6. The average Bonchev–Trinajstić information content (AvgIpc) is 3.26. The highest BCUT2D eigenvalue weighted by molar-refractivity contribution is 5.77. The van der Waals surface area contributed by atoms with Crippen molar-refractivity contribution in [2.45, 2.75) is 45.1 Å². The zero-order valence-corrected chi connectivity index (χ0v) is 15.9. The molecule has 27 heavy (non-hydrogen) atoms. The summed E-state index contributed by atoms with van der Waals surface area (Å²) >= 11 is 0. The summed E-state index contributed by atoms with van der Waals surface area (Å²) in [5, 5.41) is 2.94. The van der Waals surface area contributed by atoms with Crippen molar-refractivity contribution < 1.29 is 9.53 Å². The van der Waals surface area contributed by atoms with Crippen molar-refractivity contribution in [3.8, 4) is 5.75 Å². The second-order valence-electron chi connectivity index (χ2n) is 7.56. The molecule has 1 aliphatic carbocycles. The van der Waals surface area contributed by atoms with Crippen LogP contribution in [0.4, 0.5) is 5.69 Å². The summed E-state index contributed by atoms with van der Waals surface area (Å²) in [4.78, 5) is 14.5. The van der Waals surface area contributed by atoms with Gasteiger partial charge in [0.15, 0.2) is 6.61 Å². The zero-order chi connectivity index (χ0) is 18.5. The molecule has 2 aromatic carbocycles. The Morgan fingerprint density at radius 1 is 0.926 bits per heavy atom. The standard InChI is InChI=1S/C23H28N2O2/c26-23(17-27-22-12-9-19-5-1-2-6-20(19)15-22)24-16-18-7-10-21(11-8-18)25-13-3-4-14-25/h7-12,15H,1-6,13-14,16-17H2,(H,24,26). The monoisotopic (exact) mass is 364 g/mol. The topological polar surface area (TPSA) is 41.6 Å². The fourth-order valence-corrected chi connectivity index (χ4v) is 4.00. The number of fused-ring (bicyclic) bond motifs is 1. The van der Waals surface area contributed by atoms with Crippen LogP contribution in [0.5, 0.6) is 5.75 Å². The lowest BCUT2D eigenvalue weighted by atomic mass is 9.92. The molecule has 4 heteroatoms. The van der Waals surface area contributed by atoms with Gasteiger partial charge in [0.2, 0.25) is 0 Å². The highest BCUT2D eigenvalue weighted by atomic mass is 16.5. The van der Waals surface area contributed by atoms with Crippen molar-refractivity contribution in [1.82, 2.24) is 5.32 Å². The van der Waals surface area contributed by atoms with Gasteiger partial charge in [0.25, 0.3) is 5.91 Å². The van der Waals surface area contributed by atoms with Crippen LogP contribution in [0.2, 0.25) is 0 Å². The number of nitrogens with one attached hydrogen (secondary N) is 1. The zero-order valence-electron chi connectivity index (χ0n) is 15.9. The molecular formula is C23H28N2O2. The second kappa shape index (κ2) is 8.47. The number of hydrogen-bond acceptors (Lipinski definition) is 3. The van der Waals surface area contributed by atoms with Crippen molar-refractivity contribution in [1.29, 1.82) is 0 Å². The molecule has 0 bridgehead atoms. The average molecular weight is 364 g/mol. The van der Waals surface area contributed by atoms with E-state index in [4.69, 9.17) is 4.74 Å². The lowest BCUT2D eigenvalue weighted by molar-refractivity contribution is -0.123. The van der Waals surface area contributed by atoms with Gasteiger partial charge in [-0.3, -0.25) is 4.79 Å². The molecule has 0 radical (unpaired) electrons. The first-order chi connectivity index (χ1) is 13.3. The maximum atomic E-state index is 12.1. The maximum absolute atomic E-state index is 12.1. The number of benzene rings is 2. The van der Waals surface area contributed by atoms with Crippen molar-refractivity contribution in [2.24, 2.45) is 0 Å². The van der Waals surface area contributed by atoms with Gasteiger partial charge in [-0.25, -0.2) is 0 Å². The maximum Gasteiger partial charge on any atom is 0.258 e. The first kappa shape index (κ1) is 17.9. The molecule has 142 valence electrons. The molecule has 0 aromatic heterocycles. The molecule has 0 unspecified atom stereocenters. The van der Waals surface area contributed by atoms with E-state index in [1.54, 1.807) is 0 Å². The summed E-state index contributed by atoms with van der Waals surface area (Å²) in [6.45, 7) is 2.89. The molecule has 0 atom stereocenters. The summed E-state index contributed by atoms with van der Waals surface area (Å²) in [5.74, 6) is 0.706. The summed E-state index contributed by atoms with van der Waals surface area (Å²) in [6.07, 6.45) is 7.35. The molecule has 4 rings (SSSR count). The number of aryl methyl sites for hydroxylation is 2. The Bertz CT molecular complexity index is 779. The first-order valence-corrected chi connectivity index (χ1v) is 10.1. The van der Waals surface area contributed by atoms with E-state index in [0.29, 0.717) is 6.54 Å². The second-order valence-corrected chi connectivity index (χ2v) is 7.56. The minimum absolute atomic E-state index is 0.0602. The number of anilines is 1. The van der Waals surface area contributed by atoms with Gasteiger partial charge in [-0.05, 0) is 79.5 Å². The molecule has 0 spiro atoms. The van der Waals surface area contributed by atoms with E-state index >= 15 is 0 Å². The molecule has 1 amide bonds. The van der Waals surface area contributed by atoms with E-state index in [-0.39, 0.29) is 12.5 Å². The van der Waals surface area contributed by atoms with E-state index in [1.165, 1.54) is 42.5 Å². The third-order valence-electron chi connectivity index (χ3n) is 5.59.